The van der Waals surface area contributed by atoms with E-state index in [0.29, 0.717) is 0 Å². The fourth-order valence-electron chi connectivity index (χ4n) is 1.38. The third-order valence-electron chi connectivity index (χ3n) is 2.21. The predicted molar refractivity (Wildman–Crippen MR) is 58.7 cm³/mol. The summed E-state index contributed by atoms with van der Waals surface area (Å²) in [6.07, 6.45) is 13.0. The molecule has 69 valence electrons. The first kappa shape index (κ1) is 15.1. The van der Waals surface area contributed by atoms with Crippen LogP contribution in [0.5, 0.6) is 0 Å². The van der Waals surface area contributed by atoms with Crippen LogP contribution < -0.4 is 0 Å². The van der Waals surface area contributed by atoms with Gasteiger partial charge in [-0.1, -0.05) is 71.6 Å². The van der Waals surface area contributed by atoms with E-state index in [4.69, 9.17) is 0 Å². The second kappa shape index (κ2) is 14.1. The fourth-order valence-corrected chi connectivity index (χ4v) is 1.38. The van der Waals surface area contributed by atoms with Crippen LogP contribution in [-0.4, -0.2) is 18.9 Å². The average molecular weight is 163 g/mol. The zero-order valence-electron chi connectivity index (χ0n) is 9.36. The maximum absolute atomic E-state index is 2.27. The molecule has 0 unspecified atom stereocenters. The number of hydrogen-bond acceptors (Lipinski definition) is 0. The van der Waals surface area contributed by atoms with Gasteiger partial charge in [-0.15, -0.1) is 0 Å². The number of hydrogen-bond donors (Lipinski definition) is 0. The van der Waals surface area contributed by atoms with Crippen LogP contribution in [0, 0.1) is 0 Å². The summed E-state index contributed by atoms with van der Waals surface area (Å²) in [6.45, 7) is 4.55. The summed E-state index contributed by atoms with van der Waals surface area (Å²) in [5, 5.41) is 0. The van der Waals surface area contributed by atoms with Crippen LogP contribution in [0.1, 0.15) is 71.6 Å². The molecule has 12 heavy (non-hydrogen) atoms. The molecule has 0 aromatic carbocycles. The molecule has 0 spiro atoms. The summed E-state index contributed by atoms with van der Waals surface area (Å²) < 4.78 is 0. The van der Waals surface area contributed by atoms with Gasteiger partial charge >= 0.3 is 0 Å². The van der Waals surface area contributed by atoms with Crippen molar-refractivity contribution >= 4 is 18.9 Å². The first-order valence-electron chi connectivity index (χ1n) is 5.41. The molecule has 0 N–H and O–H groups in total. The van der Waals surface area contributed by atoms with Crippen molar-refractivity contribution in [1.29, 1.82) is 0 Å². The van der Waals surface area contributed by atoms with Gasteiger partial charge in [-0.05, 0) is 0 Å². The minimum Gasteiger partial charge on any atom is -0.0654 e. The van der Waals surface area contributed by atoms with E-state index in [-0.39, 0.29) is 18.9 Å². The molecule has 0 fully saturated rings. The van der Waals surface area contributed by atoms with Gasteiger partial charge in [0.2, 0.25) is 0 Å². The van der Waals surface area contributed by atoms with Gasteiger partial charge in [-0.3, -0.25) is 0 Å². The van der Waals surface area contributed by atoms with E-state index < -0.39 is 0 Å². The molecular weight excluding hydrogens is 139 g/mol. The van der Waals surface area contributed by atoms with Gasteiger partial charge in [0, 0.05) is 18.9 Å². The second-order valence-corrected chi connectivity index (χ2v) is 3.47. The molecule has 0 amide bonds. The third-order valence-corrected chi connectivity index (χ3v) is 2.21. The Morgan fingerprint density at radius 2 is 0.750 bits per heavy atom. The van der Waals surface area contributed by atoms with E-state index in [1.54, 1.807) is 0 Å². The van der Waals surface area contributed by atoms with Crippen molar-refractivity contribution in [1.82, 2.24) is 0 Å². The standard InChI is InChI=1S/C11H24.Li/c1-3-5-7-9-11-10-8-6-4-2;/h3-11H2,1-2H3;. The van der Waals surface area contributed by atoms with Crippen molar-refractivity contribution in [3.05, 3.63) is 0 Å². The Bertz CT molecular complexity index is 54.0. The van der Waals surface area contributed by atoms with Gasteiger partial charge < -0.3 is 0 Å². The number of unbranched alkanes of at least 4 members (excludes halogenated alkanes) is 8. The van der Waals surface area contributed by atoms with E-state index in [1.165, 1.54) is 57.8 Å². The van der Waals surface area contributed by atoms with Gasteiger partial charge in [0.1, 0.15) is 0 Å². The summed E-state index contributed by atoms with van der Waals surface area (Å²) in [5.41, 5.74) is 0. The molecule has 0 aromatic heterocycles. The molecule has 0 aliphatic carbocycles. The molecule has 0 bridgehead atoms. The Balaban J connectivity index is 0. The molecule has 0 heterocycles. The summed E-state index contributed by atoms with van der Waals surface area (Å²) >= 11 is 0. The molecule has 0 aliphatic rings. The van der Waals surface area contributed by atoms with Crippen molar-refractivity contribution in [2.24, 2.45) is 0 Å². The van der Waals surface area contributed by atoms with Crippen LogP contribution in [0.3, 0.4) is 0 Å². The number of rotatable bonds is 8. The Kier molecular flexibility index (Phi) is 17.8. The van der Waals surface area contributed by atoms with Crippen LogP contribution >= 0.6 is 0 Å². The summed E-state index contributed by atoms with van der Waals surface area (Å²) in [6, 6.07) is 0. The van der Waals surface area contributed by atoms with Crippen LogP contribution in [-0.2, 0) is 0 Å². The van der Waals surface area contributed by atoms with Crippen molar-refractivity contribution in [3.8, 4) is 0 Å². The molecule has 1 heteroatoms. The zero-order chi connectivity index (χ0) is 8.36. The fraction of sp³-hybridized carbons (Fsp3) is 1.00. The van der Waals surface area contributed by atoms with Crippen LogP contribution in [0.25, 0.3) is 0 Å². The first-order chi connectivity index (χ1) is 5.41. The Hall–Kier alpha value is 0.597. The Morgan fingerprint density at radius 3 is 1.00 bits per heavy atom. The molecule has 1 radical (unpaired) electrons. The molecule has 0 rings (SSSR count). The van der Waals surface area contributed by atoms with Gasteiger partial charge in [-0.2, -0.15) is 0 Å². The smallest absolute Gasteiger partial charge is 0 e. The van der Waals surface area contributed by atoms with E-state index in [1.807, 2.05) is 0 Å². The molecule has 0 aliphatic heterocycles. The third kappa shape index (κ3) is 13.2. The van der Waals surface area contributed by atoms with Gasteiger partial charge in [-0.25, -0.2) is 0 Å². The minimum absolute atomic E-state index is 0. The van der Waals surface area contributed by atoms with E-state index >= 15 is 0 Å². The maximum Gasteiger partial charge on any atom is 0 e. The van der Waals surface area contributed by atoms with Crippen LogP contribution in [0.2, 0.25) is 0 Å². The van der Waals surface area contributed by atoms with Crippen LogP contribution in [0.15, 0.2) is 0 Å². The SMILES string of the molecule is CCCCCCCCCCC.[Li]. The Labute approximate surface area is 90.7 Å². The molecule has 0 atom stereocenters. The van der Waals surface area contributed by atoms with Crippen molar-refractivity contribution in [2.45, 2.75) is 71.6 Å². The maximum atomic E-state index is 2.27. The van der Waals surface area contributed by atoms with Crippen molar-refractivity contribution in [2.75, 3.05) is 0 Å². The van der Waals surface area contributed by atoms with Gasteiger partial charge in [0.05, 0.1) is 0 Å². The zero-order valence-corrected chi connectivity index (χ0v) is 9.36. The molecule has 0 nitrogen and oxygen atoms in total. The summed E-state index contributed by atoms with van der Waals surface area (Å²) in [5.74, 6) is 0. The van der Waals surface area contributed by atoms with E-state index in [9.17, 15) is 0 Å². The van der Waals surface area contributed by atoms with Gasteiger partial charge in [0.25, 0.3) is 0 Å². The monoisotopic (exact) mass is 163 g/mol. The second-order valence-electron chi connectivity index (χ2n) is 3.47. The molecular formula is C11H24Li. The quantitative estimate of drug-likeness (QED) is 0.372. The first-order valence-corrected chi connectivity index (χ1v) is 5.41. The molecule has 0 saturated carbocycles. The van der Waals surface area contributed by atoms with Crippen molar-refractivity contribution < 1.29 is 0 Å². The van der Waals surface area contributed by atoms with Gasteiger partial charge in [0.15, 0.2) is 0 Å². The van der Waals surface area contributed by atoms with E-state index in [0.717, 1.165) is 0 Å². The molecule has 0 saturated heterocycles. The largest absolute Gasteiger partial charge is 0.0654 e. The topological polar surface area (TPSA) is 0 Å². The normalized spacial score (nSPS) is 9.50. The minimum atomic E-state index is 0. The summed E-state index contributed by atoms with van der Waals surface area (Å²) in [4.78, 5) is 0. The molecule has 0 aromatic rings. The van der Waals surface area contributed by atoms with Crippen molar-refractivity contribution in [3.63, 3.8) is 0 Å². The predicted octanol–water partition coefficient (Wildman–Crippen LogP) is 4.16. The van der Waals surface area contributed by atoms with Crippen LogP contribution in [0.4, 0.5) is 0 Å². The summed E-state index contributed by atoms with van der Waals surface area (Å²) in [7, 11) is 0. The van der Waals surface area contributed by atoms with E-state index in [2.05, 4.69) is 13.8 Å². The average Bonchev–Trinajstić information content (AvgIpc) is 2.03. The Morgan fingerprint density at radius 1 is 0.500 bits per heavy atom.